The Balaban J connectivity index is 1.47. The quantitative estimate of drug-likeness (QED) is 0.348. The van der Waals surface area contributed by atoms with Crippen LogP contribution in [0, 0.1) is 5.92 Å². The van der Waals surface area contributed by atoms with E-state index in [0.717, 1.165) is 59.4 Å². The van der Waals surface area contributed by atoms with E-state index in [-0.39, 0.29) is 18.2 Å². The molecule has 1 aliphatic heterocycles. The lowest BCUT2D eigenvalue weighted by molar-refractivity contribution is -0.123. The first-order valence-electron chi connectivity index (χ1n) is 13.0. The Labute approximate surface area is 212 Å². The van der Waals surface area contributed by atoms with Gasteiger partial charge < -0.3 is 10.1 Å². The lowest BCUT2D eigenvalue weighted by Crippen LogP contribution is -2.42. The first-order chi connectivity index (χ1) is 17.5. The topological polar surface area (TPSA) is 72.3 Å². The standard InChI is InChI=1S/C29H35N5O2/c1-4-36-28(23-11-7-9-21-10-8-16-30-27(21)23)34-25-13-6-5-12-24(25)32-29(34)31-22-14-17-33(18-15-22)19-26(35)20(2)3/h5-13,16,20,22,28H,4,14-15,17-19H2,1-3H3,(H,31,32). The number of fused-ring (bicyclic) bond motifs is 2. The maximum atomic E-state index is 12.2. The van der Waals surface area contributed by atoms with Crippen LogP contribution in [-0.4, -0.2) is 57.5 Å². The summed E-state index contributed by atoms with van der Waals surface area (Å²) in [6, 6.07) is 18.8. The molecule has 0 saturated carbocycles. The minimum Gasteiger partial charge on any atom is -0.354 e. The molecule has 0 spiro atoms. The molecule has 1 aliphatic rings. The van der Waals surface area contributed by atoms with Crippen LogP contribution in [0.15, 0.2) is 60.8 Å². The molecule has 188 valence electrons. The summed E-state index contributed by atoms with van der Waals surface area (Å²) in [7, 11) is 0. The van der Waals surface area contributed by atoms with Crippen molar-refractivity contribution in [1.29, 1.82) is 0 Å². The average molecular weight is 486 g/mol. The first kappa shape index (κ1) is 24.4. The number of likely N-dealkylation sites (tertiary alicyclic amines) is 1. The predicted octanol–water partition coefficient (Wildman–Crippen LogP) is 5.27. The average Bonchev–Trinajstić information content (AvgIpc) is 3.25. The highest BCUT2D eigenvalue weighted by Crippen LogP contribution is 2.33. The van der Waals surface area contributed by atoms with Crippen molar-refractivity contribution in [3.63, 3.8) is 0 Å². The zero-order valence-electron chi connectivity index (χ0n) is 21.4. The third-order valence-corrected chi connectivity index (χ3v) is 7.03. The van der Waals surface area contributed by atoms with Crippen LogP contribution in [0.1, 0.15) is 45.4 Å². The molecule has 2 aromatic heterocycles. The third kappa shape index (κ3) is 4.99. The second kappa shape index (κ2) is 10.8. The SMILES string of the molecule is CCOC(c1cccc2cccnc12)n1c(NC2CCN(CC(=O)C(C)C)CC2)nc2ccccc21. The van der Waals surface area contributed by atoms with Crippen molar-refractivity contribution in [2.75, 3.05) is 31.6 Å². The van der Waals surface area contributed by atoms with Crippen molar-refractivity contribution < 1.29 is 9.53 Å². The fraction of sp³-hybridized carbons (Fsp3) is 0.414. The van der Waals surface area contributed by atoms with Crippen LogP contribution in [0.3, 0.4) is 0 Å². The molecule has 7 nitrogen and oxygen atoms in total. The molecule has 1 atom stereocenters. The highest BCUT2D eigenvalue weighted by Gasteiger charge is 2.27. The van der Waals surface area contributed by atoms with Crippen LogP contribution in [0.2, 0.25) is 0 Å². The van der Waals surface area contributed by atoms with Gasteiger partial charge in [-0.3, -0.25) is 19.2 Å². The number of piperidine rings is 1. The summed E-state index contributed by atoms with van der Waals surface area (Å²) in [4.78, 5) is 24.2. The number of hydrogen-bond acceptors (Lipinski definition) is 6. The van der Waals surface area contributed by atoms with E-state index in [1.807, 2.05) is 51.2 Å². The summed E-state index contributed by atoms with van der Waals surface area (Å²) >= 11 is 0. The molecule has 1 saturated heterocycles. The van der Waals surface area contributed by atoms with E-state index in [1.165, 1.54) is 0 Å². The molecule has 3 heterocycles. The van der Waals surface area contributed by atoms with Gasteiger partial charge in [0.15, 0.2) is 6.23 Å². The normalized spacial score (nSPS) is 16.1. The van der Waals surface area contributed by atoms with Crippen LogP contribution in [0.5, 0.6) is 0 Å². The van der Waals surface area contributed by atoms with Gasteiger partial charge in [-0.1, -0.05) is 50.2 Å². The summed E-state index contributed by atoms with van der Waals surface area (Å²) in [6.45, 7) is 8.87. The molecule has 1 N–H and O–H groups in total. The Morgan fingerprint density at radius 3 is 2.64 bits per heavy atom. The number of anilines is 1. The van der Waals surface area contributed by atoms with E-state index in [4.69, 9.17) is 14.7 Å². The van der Waals surface area contributed by atoms with Gasteiger partial charge in [-0.15, -0.1) is 0 Å². The van der Waals surface area contributed by atoms with E-state index in [9.17, 15) is 4.79 Å². The fourth-order valence-electron chi connectivity index (χ4n) is 4.99. The minimum absolute atomic E-state index is 0.0832. The van der Waals surface area contributed by atoms with Crippen LogP contribution >= 0.6 is 0 Å². The molecule has 36 heavy (non-hydrogen) atoms. The summed E-state index contributed by atoms with van der Waals surface area (Å²) in [5.74, 6) is 1.20. The van der Waals surface area contributed by atoms with Crippen molar-refractivity contribution in [1.82, 2.24) is 19.4 Å². The predicted molar refractivity (Wildman–Crippen MR) is 144 cm³/mol. The van der Waals surface area contributed by atoms with Gasteiger partial charge in [-0.05, 0) is 38.0 Å². The number of aromatic nitrogens is 3. The maximum Gasteiger partial charge on any atom is 0.206 e. The van der Waals surface area contributed by atoms with Crippen LogP contribution in [0.4, 0.5) is 5.95 Å². The van der Waals surface area contributed by atoms with Gasteiger partial charge in [0.1, 0.15) is 5.78 Å². The zero-order valence-corrected chi connectivity index (χ0v) is 21.4. The molecule has 7 heteroatoms. The number of imidazole rings is 1. The van der Waals surface area contributed by atoms with E-state index in [0.29, 0.717) is 18.9 Å². The summed E-state index contributed by atoms with van der Waals surface area (Å²) in [5.41, 5.74) is 3.90. The zero-order chi connectivity index (χ0) is 25.1. The van der Waals surface area contributed by atoms with Gasteiger partial charge in [-0.25, -0.2) is 4.98 Å². The van der Waals surface area contributed by atoms with E-state index >= 15 is 0 Å². The van der Waals surface area contributed by atoms with E-state index < -0.39 is 0 Å². The second-order valence-corrected chi connectivity index (χ2v) is 9.84. The van der Waals surface area contributed by atoms with Crippen LogP contribution in [-0.2, 0) is 9.53 Å². The first-order valence-corrected chi connectivity index (χ1v) is 13.0. The molecule has 1 unspecified atom stereocenters. The number of hydrogen-bond donors (Lipinski definition) is 1. The molecule has 0 bridgehead atoms. The van der Waals surface area contributed by atoms with Gasteiger partial charge in [0.05, 0.1) is 23.1 Å². The van der Waals surface area contributed by atoms with Crippen molar-refractivity contribution in [2.24, 2.45) is 5.92 Å². The Morgan fingerprint density at radius 2 is 1.86 bits per heavy atom. The highest BCUT2D eigenvalue weighted by molar-refractivity contribution is 5.84. The van der Waals surface area contributed by atoms with Gasteiger partial charge in [0.25, 0.3) is 0 Å². The minimum atomic E-state index is -0.368. The summed E-state index contributed by atoms with van der Waals surface area (Å²) in [5, 5.41) is 4.82. The monoisotopic (exact) mass is 485 g/mol. The molecule has 0 amide bonds. The van der Waals surface area contributed by atoms with Gasteiger partial charge in [0.2, 0.25) is 5.95 Å². The second-order valence-electron chi connectivity index (χ2n) is 9.84. The number of nitrogens with one attached hydrogen (secondary N) is 1. The van der Waals surface area contributed by atoms with Crippen molar-refractivity contribution in [3.05, 3.63) is 66.4 Å². The molecule has 0 radical (unpaired) electrons. The lowest BCUT2D eigenvalue weighted by atomic mass is 10.0. The highest BCUT2D eigenvalue weighted by atomic mass is 16.5. The van der Waals surface area contributed by atoms with Crippen molar-refractivity contribution in [3.8, 4) is 0 Å². The number of para-hydroxylation sites is 3. The molecule has 2 aromatic carbocycles. The van der Waals surface area contributed by atoms with Crippen molar-refractivity contribution in [2.45, 2.75) is 45.9 Å². The summed E-state index contributed by atoms with van der Waals surface area (Å²) < 4.78 is 8.58. The van der Waals surface area contributed by atoms with E-state index in [2.05, 4.69) is 45.1 Å². The van der Waals surface area contributed by atoms with E-state index in [1.54, 1.807) is 0 Å². The molecule has 5 rings (SSSR count). The molecule has 0 aliphatic carbocycles. The van der Waals surface area contributed by atoms with Gasteiger partial charge in [0, 0.05) is 48.8 Å². The number of ketones is 1. The number of rotatable bonds is 9. The Kier molecular flexibility index (Phi) is 7.30. The van der Waals surface area contributed by atoms with Crippen LogP contribution in [0.25, 0.3) is 21.9 Å². The number of Topliss-reactive ketones (excluding diaryl/α,β-unsaturated/α-hetero) is 1. The number of benzene rings is 2. The van der Waals surface area contributed by atoms with Gasteiger partial charge in [-0.2, -0.15) is 0 Å². The third-order valence-electron chi connectivity index (χ3n) is 7.03. The smallest absolute Gasteiger partial charge is 0.206 e. The number of carbonyl (C=O) groups is 1. The number of ether oxygens (including phenoxy) is 1. The molecular formula is C29H35N5O2. The lowest BCUT2D eigenvalue weighted by Gasteiger charge is -2.33. The Bertz CT molecular complexity index is 1330. The van der Waals surface area contributed by atoms with Crippen LogP contribution < -0.4 is 5.32 Å². The Hall–Kier alpha value is -3.29. The number of nitrogens with zero attached hydrogens (tertiary/aromatic N) is 4. The number of carbonyl (C=O) groups excluding carboxylic acids is 1. The maximum absolute atomic E-state index is 12.2. The summed E-state index contributed by atoms with van der Waals surface area (Å²) in [6.07, 6.45) is 3.39. The molecule has 4 aromatic rings. The number of pyridine rings is 1. The fourth-order valence-corrected chi connectivity index (χ4v) is 4.99. The Morgan fingerprint density at radius 1 is 1.08 bits per heavy atom. The molecule has 1 fully saturated rings. The molecular weight excluding hydrogens is 450 g/mol. The van der Waals surface area contributed by atoms with Crippen molar-refractivity contribution >= 4 is 33.7 Å². The van der Waals surface area contributed by atoms with Gasteiger partial charge >= 0.3 is 0 Å². The largest absolute Gasteiger partial charge is 0.354 e.